The zero-order valence-electron chi connectivity index (χ0n) is 11.4. The number of ether oxygens (including phenoxy) is 2. The van der Waals surface area contributed by atoms with E-state index in [0.717, 1.165) is 13.0 Å². The van der Waals surface area contributed by atoms with Gasteiger partial charge in [0.25, 0.3) is 0 Å². The fourth-order valence-corrected chi connectivity index (χ4v) is 2.76. The topological polar surface area (TPSA) is 50.8 Å². The van der Waals surface area contributed by atoms with Gasteiger partial charge in [-0.05, 0) is 13.0 Å². The van der Waals surface area contributed by atoms with Crippen LogP contribution in [0.25, 0.3) is 0 Å². The first kappa shape index (κ1) is 13.8. The van der Waals surface area contributed by atoms with Crippen LogP contribution < -0.4 is 5.32 Å². The summed E-state index contributed by atoms with van der Waals surface area (Å²) in [4.78, 5) is 14.6. The molecule has 5 heteroatoms. The van der Waals surface area contributed by atoms with Gasteiger partial charge in [0.05, 0.1) is 38.4 Å². The van der Waals surface area contributed by atoms with Crippen LogP contribution in [0.1, 0.15) is 20.3 Å². The zero-order chi connectivity index (χ0) is 13.0. The van der Waals surface area contributed by atoms with Crippen molar-refractivity contribution in [3.63, 3.8) is 0 Å². The van der Waals surface area contributed by atoms with Gasteiger partial charge in [-0.2, -0.15) is 0 Å². The molecule has 2 saturated heterocycles. The summed E-state index contributed by atoms with van der Waals surface area (Å²) < 4.78 is 10.9. The van der Waals surface area contributed by atoms with E-state index in [9.17, 15) is 4.79 Å². The number of rotatable bonds is 4. The normalized spacial score (nSPS) is 32.8. The van der Waals surface area contributed by atoms with Crippen molar-refractivity contribution in [3.8, 4) is 0 Å². The summed E-state index contributed by atoms with van der Waals surface area (Å²) in [5, 5.41) is 3.34. The number of hydrogen-bond donors (Lipinski definition) is 1. The predicted molar refractivity (Wildman–Crippen MR) is 68.4 cm³/mol. The SMILES string of the molecule is CCNC1COCC1C(=O)N1CCOCC1CC. The van der Waals surface area contributed by atoms with Crippen LogP contribution in [-0.4, -0.2) is 62.4 Å². The predicted octanol–water partition coefficient (Wildman–Crippen LogP) is 0.248. The van der Waals surface area contributed by atoms with Gasteiger partial charge < -0.3 is 19.7 Å². The number of likely N-dealkylation sites (N-methyl/N-ethyl adjacent to an activating group) is 1. The summed E-state index contributed by atoms with van der Waals surface area (Å²) in [6.45, 7) is 8.26. The highest BCUT2D eigenvalue weighted by molar-refractivity contribution is 5.80. The minimum absolute atomic E-state index is 0.0305. The number of carbonyl (C=O) groups excluding carboxylic acids is 1. The van der Waals surface area contributed by atoms with E-state index in [-0.39, 0.29) is 23.9 Å². The van der Waals surface area contributed by atoms with Crippen LogP contribution in [-0.2, 0) is 14.3 Å². The largest absolute Gasteiger partial charge is 0.379 e. The maximum Gasteiger partial charge on any atom is 0.230 e. The molecule has 0 radical (unpaired) electrons. The van der Waals surface area contributed by atoms with Crippen molar-refractivity contribution in [1.29, 1.82) is 0 Å². The van der Waals surface area contributed by atoms with Crippen molar-refractivity contribution in [2.75, 3.05) is 39.5 Å². The van der Waals surface area contributed by atoms with Gasteiger partial charge in [-0.3, -0.25) is 4.79 Å². The molecule has 0 aliphatic carbocycles. The van der Waals surface area contributed by atoms with E-state index in [1.807, 2.05) is 4.90 Å². The second-order valence-corrected chi connectivity index (χ2v) is 4.98. The minimum atomic E-state index is -0.0305. The smallest absolute Gasteiger partial charge is 0.230 e. The summed E-state index contributed by atoms with van der Waals surface area (Å²) in [7, 11) is 0. The minimum Gasteiger partial charge on any atom is -0.379 e. The Morgan fingerprint density at radius 1 is 1.28 bits per heavy atom. The number of hydrogen-bond acceptors (Lipinski definition) is 4. The second-order valence-electron chi connectivity index (χ2n) is 4.98. The standard InChI is InChI=1S/C13H24N2O3/c1-3-10-7-17-6-5-15(10)13(16)11-8-18-9-12(11)14-4-2/h10-12,14H,3-9H2,1-2H3. The van der Waals surface area contributed by atoms with Crippen molar-refractivity contribution in [2.45, 2.75) is 32.4 Å². The summed E-state index contributed by atoms with van der Waals surface area (Å²) in [6.07, 6.45) is 0.950. The lowest BCUT2D eigenvalue weighted by Gasteiger charge is -2.37. The molecule has 2 heterocycles. The van der Waals surface area contributed by atoms with Crippen LogP contribution in [0.4, 0.5) is 0 Å². The molecule has 0 bridgehead atoms. The molecule has 18 heavy (non-hydrogen) atoms. The lowest BCUT2D eigenvalue weighted by molar-refractivity contribution is -0.144. The Balaban J connectivity index is 2.00. The van der Waals surface area contributed by atoms with Crippen molar-refractivity contribution >= 4 is 5.91 Å². The van der Waals surface area contributed by atoms with Crippen LogP contribution in [0.15, 0.2) is 0 Å². The summed E-state index contributed by atoms with van der Waals surface area (Å²) in [5.74, 6) is 0.200. The average molecular weight is 256 g/mol. The molecule has 0 spiro atoms. The molecule has 0 saturated carbocycles. The van der Waals surface area contributed by atoms with Crippen LogP contribution in [0, 0.1) is 5.92 Å². The van der Waals surface area contributed by atoms with Gasteiger partial charge in [0, 0.05) is 12.6 Å². The molecule has 2 aliphatic heterocycles. The number of morpholine rings is 1. The van der Waals surface area contributed by atoms with Crippen LogP contribution in [0.2, 0.25) is 0 Å². The van der Waals surface area contributed by atoms with Crippen LogP contribution in [0.3, 0.4) is 0 Å². The molecule has 3 atom stereocenters. The first-order valence-electron chi connectivity index (χ1n) is 6.97. The fourth-order valence-electron chi connectivity index (χ4n) is 2.76. The van der Waals surface area contributed by atoms with Gasteiger partial charge in [0.2, 0.25) is 5.91 Å². The van der Waals surface area contributed by atoms with Crippen molar-refractivity contribution in [2.24, 2.45) is 5.92 Å². The van der Waals surface area contributed by atoms with Crippen LogP contribution in [0.5, 0.6) is 0 Å². The highest BCUT2D eigenvalue weighted by Gasteiger charge is 2.38. The monoisotopic (exact) mass is 256 g/mol. The summed E-state index contributed by atoms with van der Waals surface area (Å²) >= 11 is 0. The number of amides is 1. The Morgan fingerprint density at radius 3 is 2.83 bits per heavy atom. The third kappa shape index (κ3) is 2.84. The average Bonchev–Trinajstić information content (AvgIpc) is 2.86. The van der Waals surface area contributed by atoms with E-state index in [0.29, 0.717) is 33.0 Å². The van der Waals surface area contributed by atoms with E-state index >= 15 is 0 Å². The fraction of sp³-hybridized carbons (Fsp3) is 0.923. The third-order valence-corrected chi connectivity index (χ3v) is 3.85. The van der Waals surface area contributed by atoms with Gasteiger partial charge >= 0.3 is 0 Å². The van der Waals surface area contributed by atoms with Gasteiger partial charge in [0.1, 0.15) is 0 Å². The van der Waals surface area contributed by atoms with Gasteiger partial charge in [-0.15, -0.1) is 0 Å². The van der Waals surface area contributed by atoms with Gasteiger partial charge in [-0.1, -0.05) is 13.8 Å². The molecule has 2 rings (SSSR count). The Hall–Kier alpha value is -0.650. The summed E-state index contributed by atoms with van der Waals surface area (Å²) in [5.41, 5.74) is 0. The first-order valence-corrected chi connectivity index (χ1v) is 6.97. The molecule has 1 amide bonds. The Kier molecular flexibility index (Phi) is 4.97. The maximum atomic E-state index is 12.6. The quantitative estimate of drug-likeness (QED) is 0.783. The van der Waals surface area contributed by atoms with Gasteiger partial charge in [0.15, 0.2) is 0 Å². The number of carbonyl (C=O) groups is 1. The molecule has 5 nitrogen and oxygen atoms in total. The maximum absolute atomic E-state index is 12.6. The second kappa shape index (κ2) is 6.50. The van der Waals surface area contributed by atoms with Crippen molar-refractivity contribution in [3.05, 3.63) is 0 Å². The number of nitrogens with one attached hydrogen (secondary N) is 1. The lowest BCUT2D eigenvalue weighted by atomic mass is 10.00. The zero-order valence-corrected chi connectivity index (χ0v) is 11.4. The molecule has 0 aromatic heterocycles. The third-order valence-electron chi connectivity index (χ3n) is 3.85. The molecule has 2 aliphatic rings. The molecular formula is C13H24N2O3. The highest BCUT2D eigenvalue weighted by Crippen LogP contribution is 2.20. The van der Waals surface area contributed by atoms with E-state index < -0.39 is 0 Å². The number of nitrogens with zero attached hydrogens (tertiary/aromatic N) is 1. The van der Waals surface area contributed by atoms with E-state index in [2.05, 4.69) is 19.2 Å². The lowest BCUT2D eigenvalue weighted by Crippen LogP contribution is -2.53. The van der Waals surface area contributed by atoms with Crippen molar-refractivity contribution < 1.29 is 14.3 Å². The molecule has 1 N–H and O–H groups in total. The van der Waals surface area contributed by atoms with Crippen molar-refractivity contribution in [1.82, 2.24) is 10.2 Å². The molecule has 3 unspecified atom stereocenters. The molecule has 104 valence electrons. The van der Waals surface area contributed by atoms with Crippen LogP contribution >= 0.6 is 0 Å². The molecular weight excluding hydrogens is 232 g/mol. The van der Waals surface area contributed by atoms with E-state index in [1.54, 1.807) is 0 Å². The molecule has 0 aromatic carbocycles. The molecule has 2 fully saturated rings. The van der Waals surface area contributed by atoms with Gasteiger partial charge in [-0.25, -0.2) is 0 Å². The summed E-state index contributed by atoms with van der Waals surface area (Å²) in [6, 6.07) is 0.400. The Morgan fingerprint density at radius 2 is 2.11 bits per heavy atom. The van der Waals surface area contributed by atoms with E-state index in [1.165, 1.54) is 0 Å². The highest BCUT2D eigenvalue weighted by atomic mass is 16.5. The van der Waals surface area contributed by atoms with E-state index in [4.69, 9.17) is 9.47 Å². The molecule has 0 aromatic rings. The Labute approximate surface area is 109 Å². The Bertz CT molecular complexity index is 285. The first-order chi connectivity index (χ1) is 8.77.